The molecule has 2 N–H and O–H groups in total. The first kappa shape index (κ1) is 17.8. The summed E-state index contributed by atoms with van der Waals surface area (Å²) in [5.41, 5.74) is 0.532. The number of nitrogens with one attached hydrogen (secondary N) is 1. The molecule has 1 heterocycles. The molecule has 0 atom stereocenters. The van der Waals surface area contributed by atoms with Crippen molar-refractivity contribution in [1.82, 2.24) is 4.90 Å². The zero-order valence-electron chi connectivity index (χ0n) is 13.7. The number of phenols is 1. The standard InChI is InChI=1S/C19H16ClFN2O3/c20-14-7-8-16(21)17(10-14)22-19(25)23(12-15-5-3-9-26-15)11-13-4-1-2-6-18(13)24/h1-10,24H,11-12H2,(H,22,25). The highest BCUT2D eigenvalue weighted by Gasteiger charge is 2.19. The first-order chi connectivity index (χ1) is 12.5. The zero-order chi connectivity index (χ0) is 18.5. The van der Waals surface area contributed by atoms with Crippen LogP contribution < -0.4 is 5.32 Å². The lowest BCUT2D eigenvalue weighted by Gasteiger charge is -2.23. The van der Waals surface area contributed by atoms with Crippen LogP contribution in [0.15, 0.2) is 65.3 Å². The minimum atomic E-state index is -0.594. The Labute approximate surface area is 154 Å². The molecular formula is C19H16ClFN2O3. The van der Waals surface area contributed by atoms with Gasteiger partial charge in [-0.1, -0.05) is 29.8 Å². The molecule has 2 amide bonds. The molecule has 0 aliphatic carbocycles. The van der Waals surface area contributed by atoms with E-state index in [2.05, 4.69) is 5.32 Å². The summed E-state index contributed by atoms with van der Waals surface area (Å²) in [6.07, 6.45) is 1.50. The van der Waals surface area contributed by atoms with Crippen molar-refractivity contribution in [2.24, 2.45) is 0 Å². The number of benzene rings is 2. The van der Waals surface area contributed by atoms with Crippen molar-refractivity contribution in [1.29, 1.82) is 0 Å². The second kappa shape index (κ2) is 7.93. The largest absolute Gasteiger partial charge is 0.508 e. The number of anilines is 1. The number of furan rings is 1. The Bertz CT molecular complexity index is 900. The van der Waals surface area contributed by atoms with E-state index in [9.17, 15) is 14.3 Å². The van der Waals surface area contributed by atoms with E-state index in [1.165, 1.54) is 35.4 Å². The molecule has 2 aromatic carbocycles. The van der Waals surface area contributed by atoms with Crippen molar-refractivity contribution in [2.75, 3.05) is 5.32 Å². The first-order valence-corrected chi connectivity index (χ1v) is 8.21. The zero-order valence-corrected chi connectivity index (χ0v) is 14.4. The SMILES string of the molecule is O=C(Nc1cc(Cl)ccc1F)N(Cc1ccco1)Cc1ccccc1O. The average Bonchev–Trinajstić information content (AvgIpc) is 3.12. The molecular weight excluding hydrogens is 359 g/mol. The minimum absolute atomic E-state index is 0.0239. The van der Waals surface area contributed by atoms with Crippen molar-refractivity contribution in [2.45, 2.75) is 13.1 Å². The number of carbonyl (C=O) groups excluding carboxylic acids is 1. The third-order valence-electron chi connectivity index (χ3n) is 3.74. The smallest absolute Gasteiger partial charge is 0.322 e. The quantitative estimate of drug-likeness (QED) is 0.659. The Morgan fingerprint density at radius 1 is 1.15 bits per heavy atom. The Morgan fingerprint density at radius 2 is 1.96 bits per heavy atom. The fourth-order valence-electron chi connectivity index (χ4n) is 2.43. The van der Waals surface area contributed by atoms with Gasteiger partial charge in [0.15, 0.2) is 0 Å². The fraction of sp³-hybridized carbons (Fsp3) is 0.105. The van der Waals surface area contributed by atoms with Crippen molar-refractivity contribution >= 4 is 23.3 Å². The number of aromatic hydroxyl groups is 1. The number of carbonyl (C=O) groups is 1. The first-order valence-electron chi connectivity index (χ1n) is 7.83. The molecule has 5 nitrogen and oxygen atoms in total. The topological polar surface area (TPSA) is 65.7 Å². The van der Waals surface area contributed by atoms with Crippen molar-refractivity contribution in [3.05, 3.63) is 83.0 Å². The van der Waals surface area contributed by atoms with Gasteiger partial charge in [-0.3, -0.25) is 0 Å². The molecule has 0 spiro atoms. The maximum atomic E-state index is 13.9. The van der Waals surface area contributed by atoms with Crippen molar-refractivity contribution < 1.29 is 18.7 Å². The summed E-state index contributed by atoms with van der Waals surface area (Å²) < 4.78 is 19.2. The number of urea groups is 1. The van der Waals surface area contributed by atoms with Crippen molar-refractivity contribution in [3.8, 4) is 5.75 Å². The average molecular weight is 375 g/mol. The highest BCUT2D eigenvalue weighted by molar-refractivity contribution is 6.30. The molecule has 0 aliphatic heterocycles. The number of amides is 2. The predicted octanol–water partition coefficient (Wildman–Crippen LogP) is 5.01. The van der Waals surface area contributed by atoms with Gasteiger partial charge in [-0.15, -0.1) is 0 Å². The van der Waals surface area contributed by atoms with Crippen LogP contribution in [-0.4, -0.2) is 16.0 Å². The van der Waals surface area contributed by atoms with E-state index in [1.54, 1.807) is 30.3 Å². The molecule has 0 saturated carbocycles. The Balaban J connectivity index is 1.83. The normalized spacial score (nSPS) is 10.5. The molecule has 0 fully saturated rings. The van der Waals surface area contributed by atoms with Gasteiger partial charge in [-0.2, -0.15) is 0 Å². The summed E-state index contributed by atoms with van der Waals surface area (Å²) in [5.74, 6) is 0.0316. The Morgan fingerprint density at radius 3 is 2.69 bits per heavy atom. The van der Waals surface area contributed by atoms with E-state index in [1.807, 2.05) is 0 Å². The molecule has 134 valence electrons. The van der Waals surface area contributed by atoms with E-state index >= 15 is 0 Å². The van der Waals surface area contributed by atoms with E-state index in [0.29, 0.717) is 16.3 Å². The highest BCUT2D eigenvalue weighted by atomic mass is 35.5. The number of hydrogen-bond acceptors (Lipinski definition) is 3. The summed E-state index contributed by atoms with van der Waals surface area (Å²) in [4.78, 5) is 14.1. The Hall–Kier alpha value is -2.99. The Kier molecular flexibility index (Phi) is 5.43. The lowest BCUT2D eigenvalue weighted by atomic mass is 10.2. The molecule has 1 aromatic heterocycles. The fourth-order valence-corrected chi connectivity index (χ4v) is 2.60. The summed E-state index contributed by atoms with van der Waals surface area (Å²) in [6, 6.07) is 13.5. The van der Waals surface area contributed by atoms with Crippen LogP contribution in [0.3, 0.4) is 0 Å². The van der Waals surface area contributed by atoms with Crippen LogP contribution >= 0.6 is 11.6 Å². The van der Waals surface area contributed by atoms with Gasteiger partial charge < -0.3 is 19.7 Å². The van der Waals surface area contributed by atoms with Gasteiger partial charge in [0.2, 0.25) is 0 Å². The minimum Gasteiger partial charge on any atom is -0.508 e. The molecule has 3 aromatic rings. The van der Waals surface area contributed by atoms with E-state index < -0.39 is 11.8 Å². The number of nitrogens with zero attached hydrogens (tertiary/aromatic N) is 1. The predicted molar refractivity (Wildman–Crippen MR) is 96.5 cm³/mol. The molecule has 3 rings (SSSR count). The highest BCUT2D eigenvalue weighted by Crippen LogP contribution is 2.23. The number of rotatable bonds is 5. The van der Waals surface area contributed by atoms with Gasteiger partial charge in [-0.05, 0) is 36.4 Å². The van der Waals surface area contributed by atoms with Crippen LogP contribution in [0.25, 0.3) is 0 Å². The molecule has 0 saturated heterocycles. The number of para-hydroxylation sites is 1. The number of phenolic OH excluding ortho intramolecular Hbond substituents is 1. The van der Waals surface area contributed by atoms with Gasteiger partial charge >= 0.3 is 6.03 Å². The van der Waals surface area contributed by atoms with Gasteiger partial charge in [0.1, 0.15) is 17.3 Å². The third-order valence-corrected chi connectivity index (χ3v) is 3.97. The number of hydrogen-bond donors (Lipinski definition) is 2. The van der Waals surface area contributed by atoms with Gasteiger partial charge in [-0.25, -0.2) is 9.18 Å². The maximum absolute atomic E-state index is 13.9. The van der Waals surface area contributed by atoms with E-state index in [4.69, 9.17) is 16.0 Å². The van der Waals surface area contributed by atoms with Gasteiger partial charge in [0, 0.05) is 10.6 Å². The van der Waals surface area contributed by atoms with E-state index in [-0.39, 0.29) is 24.5 Å². The lowest BCUT2D eigenvalue weighted by Crippen LogP contribution is -2.34. The molecule has 0 radical (unpaired) electrons. The summed E-state index contributed by atoms with van der Waals surface area (Å²) in [7, 11) is 0. The van der Waals surface area contributed by atoms with Crippen molar-refractivity contribution in [3.63, 3.8) is 0 Å². The molecule has 26 heavy (non-hydrogen) atoms. The van der Waals surface area contributed by atoms with E-state index in [0.717, 1.165) is 0 Å². The van der Waals surface area contributed by atoms with Gasteiger partial charge in [0.25, 0.3) is 0 Å². The van der Waals surface area contributed by atoms with Crippen LogP contribution in [0, 0.1) is 5.82 Å². The molecule has 0 bridgehead atoms. The second-order valence-corrected chi connectivity index (χ2v) is 6.05. The lowest BCUT2D eigenvalue weighted by molar-refractivity contribution is 0.200. The molecule has 7 heteroatoms. The van der Waals surface area contributed by atoms with Crippen LogP contribution in [0.4, 0.5) is 14.9 Å². The maximum Gasteiger partial charge on any atom is 0.322 e. The molecule has 0 aliphatic rings. The molecule has 0 unspecified atom stereocenters. The van der Waals surface area contributed by atoms with Crippen LogP contribution in [0.2, 0.25) is 5.02 Å². The van der Waals surface area contributed by atoms with Gasteiger partial charge in [0.05, 0.1) is 25.0 Å². The summed E-state index contributed by atoms with van der Waals surface area (Å²) >= 11 is 5.87. The second-order valence-electron chi connectivity index (χ2n) is 5.62. The number of halogens is 2. The monoisotopic (exact) mass is 374 g/mol. The van der Waals surface area contributed by atoms with Crippen LogP contribution in [-0.2, 0) is 13.1 Å². The third kappa shape index (κ3) is 4.34. The summed E-state index contributed by atoms with van der Waals surface area (Å²) in [5, 5.41) is 12.8. The summed E-state index contributed by atoms with van der Waals surface area (Å²) in [6.45, 7) is 0.261. The van der Waals surface area contributed by atoms with Crippen LogP contribution in [0.1, 0.15) is 11.3 Å². The van der Waals surface area contributed by atoms with Crippen LogP contribution in [0.5, 0.6) is 5.75 Å².